The minimum atomic E-state index is 0.140. The molecule has 1 unspecified atom stereocenters. The van der Waals surface area contributed by atoms with Gasteiger partial charge in [-0.05, 0) is 13.0 Å². The topological polar surface area (TPSA) is 55.9 Å². The third kappa shape index (κ3) is 2.24. The number of benzene rings is 1. The van der Waals surface area contributed by atoms with Crippen LogP contribution in [-0.2, 0) is 13.6 Å². The molecule has 0 aliphatic carbocycles. The number of rotatable bonds is 4. The first-order chi connectivity index (χ1) is 9.25. The van der Waals surface area contributed by atoms with Gasteiger partial charge in [0.25, 0.3) is 0 Å². The Bertz CT molecular complexity index is 685. The van der Waals surface area contributed by atoms with E-state index in [1.165, 1.54) is 0 Å². The van der Waals surface area contributed by atoms with E-state index in [4.69, 9.17) is 4.42 Å². The van der Waals surface area contributed by atoms with Crippen molar-refractivity contribution in [2.24, 2.45) is 7.05 Å². The molecule has 0 fully saturated rings. The van der Waals surface area contributed by atoms with Gasteiger partial charge in [-0.2, -0.15) is 0 Å². The van der Waals surface area contributed by atoms with E-state index in [1.54, 1.807) is 12.6 Å². The molecule has 0 bridgehead atoms. The van der Waals surface area contributed by atoms with Crippen LogP contribution in [0.15, 0.2) is 41.3 Å². The number of fused-ring (bicyclic) bond motifs is 1. The maximum Gasteiger partial charge on any atom is 0.149 e. The summed E-state index contributed by atoms with van der Waals surface area (Å²) in [6.45, 7) is 2.82. The molecule has 98 valence electrons. The molecule has 1 aromatic carbocycles. The van der Waals surface area contributed by atoms with Gasteiger partial charge in [0.1, 0.15) is 17.7 Å². The second kappa shape index (κ2) is 4.85. The van der Waals surface area contributed by atoms with E-state index in [0.717, 1.165) is 28.9 Å². The number of nitrogens with one attached hydrogen (secondary N) is 1. The van der Waals surface area contributed by atoms with Crippen LogP contribution in [0.25, 0.3) is 11.0 Å². The van der Waals surface area contributed by atoms with Gasteiger partial charge in [0, 0.05) is 24.5 Å². The number of nitrogens with zero attached hydrogens (tertiary/aromatic N) is 3. The highest BCUT2D eigenvalue weighted by Gasteiger charge is 2.12. The highest BCUT2D eigenvalue weighted by molar-refractivity contribution is 5.80. The zero-order valence-corrected chi connectivity index (χ0v) is 11.0. The number of aryl methyl sites for hydroxylation is 1. The van der Waals surface area contributed by atoms with Crippen LogP contribution < -0.4 is 5.32 Å². The highest BCUT2D eigenvalue weighted by Crippen LogP contribution is 2.21. The first-order valence-corrected chi connectivity index (χ1v) is 6.28. The SMILES string of the molecule is CC(NCc1coc2ccccc12)c1nncn1C. The average molecular weight is 256 g/mol. The fourth-order valence-corrected chi connectivity index (χ4v) is 2.21. The fourth-order valence-electron chi connectivity index (χ4n) is 2.21. The van der Waals surface area contributed by atoms with Gasteiger partial charge in [0.05, 0.1) is 12.3 Å². The molecule has 0 radical (unpaired) electrons. The average Bonchev–Trinajstić information content (AvgIpc) is 3.02. The Balaban J connectivity index is 1.74. The minimum Gasteiger partial charge on any atom is -0.464 e. The van der Waals surface area contributed by atoms with Gasteiger partial charge in [-0.15, -0.1) is 10.2 Å². The largest absolute Gasteiger partial charge is 0.464 e. The Labute approximate surface area is 111 Å². The third-order valence-electron chi connectivity index (χ3n) is 3.29. The van der Waals surface area contributed by atoms with Gasteiger partial charge in [-0.1, -0.05) is 18.2 Å². The number of para-hydroxylation sites is 1. The lowest BCUT2D eigenvalue weighted by Gasteiger charge is -2.12. The molecule has 0 aliphatic heterocycles. The lowest BCUT2D eigenvalue weighted by Crippen LogP contribution is -2.20. The highest BCUT2D eigenvalue weighted by atomic mass is 16.3. The number of hydrogen-bond donors (Lipinski definition) is 1. The van der Waals surface area contributed by atoms with Crippen LogP contribution in [0, 0.1) is 0 Å². The minimum absolute atomic E-state index is 0.140. The summed E-state index contributed by atoms with van der Waals surface area (Å²) in [7, 11) is 1.95. The van der Waals surface area contributed by atoms with Gasteiger partial charge in [0.2, 0.25) is 0 Å². The van der Waals surface area contributed by atoms with Crippen molar-refractivity contribution in [1.82, 2.24) is 20.1 Å². The van der Waals surface area contributed by atoms with Crippen molar-refractivity contribution in [1.29, 1.82) is 0 Å². The molecule has 1 atom stereocenters. The van der Waals surface area contributed by atoms with E-state index >= 15 is 0 Å². The number of aromatic nitrogens is 3. The normalized spacial score (nSPS) is 12.9. The van der Waals surface area contributed by atoms with Crippen LogP contribution in [0.4, 0.5) is 0 Å². The summed E-state index contributed by atoms with van der Waals surface area (Å²) >= 11 is 0. The smallest absolute Gasteiger partial charge is 0.149 e. The lowest BCUT2D eigenvalue weighted by molar-refractivity contribution is 0.524. The van der Waals surface area contributed by atoms with E-state index in [9.17, 15) is 0 Å². The molecule has 3 aromatic rings. The quantitative estimate of drug-likeness (QED) is 0.778. The second-order valence-electron chi connectivity index (χ2n) is 4.66. The molecule has 2 aromatic heterocycles. The summed E-state index contributed by atoms with van der Waals surface area (Å²) in [5.41, 5.74) is 2.08. The molecule has 0 spiro atoms. The monoisotopic (exact) mass is 256 g/mol. The zero-order chi connectivity index (χ0) is 13.2. The van der Waals surface area contributed by atoms with Crippen molar-refractivity contribution in [3.63, 3.8) is 0 Å². The number of furan rings is 1. The molecule has 0 saturated carbocycles. The standard InChI is InChI=1S/C14H16N4O/c1-10(14-17-16-9-18(14)2)15-7-11-8-19-13-6-4-3-5-12(11)13/h3-6,8-10,15H,7H2,1-2H3. The summed E-state index contributed by atoms with van der Waals surface area (Å²) in [5.74, 6) is 0.924. The summed E-state index contributed by atoms with van der Waals surface area (Å²) in [6.07, 6.45) is 3.52. The van der Waals surface area contributed by atoms with Crippen LogP contribution in [0.3, 0.4) is 0 Å². The van der Waals surface area contributed by atoms with Crippen LogP contribution in [0.5, 0.6) is 0 Å². The zero-order valence-electron chi connectivity index (χ0n) is 11.0. The lowest BCUT2D eigenvalue weighted by atomic mass is 10.1. The Kier molecular flexibility index (Phi) is 3.05. The number of hydrogen-bond acceptors (Lipinski definition) is 4. The van der Waals surface area contributed by atoms with E-state index in [1.807, 2.05) is 29.8 Å². The van der Waals surface area contributed by atoms with Crippen LogP contribution in [0.2, 0.25) is 0 Å². The molecule has 5 nitrogen and oxygen atoms in total. The third-order valence-corrected chi connectivity index (χ3v) is 3.29. The van der Waals surface area contributed by atoms with Gasteiger partial charge in [-0.3, -0.25) is 0 Å². The Hall–Kier alpha value is -2.14. The van der Waals surface area contributed by atoms with E-state index in [-0.39, 0.29) is 6.04 Å². The van der Waals surface area contributed by atoms with Gasteiger partial charge in [0.15, 0.2) is 0 Å². The maximum absolute atomic E-state index is 5.52. The van der Waals surface area contributed by atoms with Crippen molar-refractivity contribution in [3.05, 3.63) is 48.2 Å². The molecule has 2 heterocycles. The summed E-state index contributed by atoms with van der Waals surface area (Å²) in [4.78, 5) is 0. The molecule has 3 rings (SSSR count). The molecular weight excluding hydrogens is 240 g/mol. The molecule has 5 heteroatoms. The first-order valence-electron chi connectivity index (χ1n) is 6.28. The Morgan fingerprint density at radius 1 is 1.37 bits per heavy atom. The van der Waals surface area contributed by atoms with E-state index in [2.05, 4.69) is 28.5 Å². The Morgan fingerprint density at radius 2 is 2.21 bits per heavy atom. The van der Waals surface area contributed by atoms with Crippen molar-refractivity contribution >= 4 is 11.0 Å². The van der Waals surface area contributed by atoms with E-state index in [0.29, 0.717) is 0 Å². The molecule has 19 heavy (non-hydrogen) atoms. The predicted molar refractivity (Wildman–Crippen MR) is 72.5 cm³/mol. The molecule has 0 saturated heterocycles. The molecular formula is C14H16N4O. The maximum atomic E-state index is 5.52. The molecule has 1 N–H and O–H groups in total. The van der Waals surface area contributed by atoms with Gasteiger partial charge in [-0.25, -0.2) is 0 Å². The predicted octanol–water partition coefficient (Wildman–Crippen LogP) is 2.41. The van der Waals surface area contributed by atoms with Crippen LogP contribution in [0.1, 0.15) is 24.4 Å². The summed E-state index contributed by atoms with van der Waals surface area (Å²) < 4.78 is 7.44. The summed E-state index contributed by atoms with van der Waals surface area (Å²) in [6, 6.07) is 8.19. The van der Waals surface area contributed by atoms with E-state index < -0.39 is 0 Å². The van der Waals surface area contributed by atoms with Crippen molar-refractivity contribution in [2.75, 3.05) is 0 Å². The van der Waals surface area contributed by atoms with Gasteiger partial charge < -0.3 is 14.3 Å². The fraction of sp³-hybridized carbons (Fsp3) is 0.286. The van der Waals surface area contributed by atoms with Crippen molar-refractivity contribution < 1.29 is 4.42 Å². The summed E-state index contributed by atoms with van der Waals surface area (Å²) in [5, 5.41) is 12.6. The van der Waals surface area contributed by atoms with Crippen LogP contribution >= 0.6 is 0 Å². The van der Waals surface area contributed by atoms with Crippen molar-refractivity contribution in [2.45, 2.75) is 19.5 Å². The first kappa shape index (κ1) is 11.9. The van der Waals surface area contributed by atoms with Crippen LogP contribution in [-0.4, -0.2) is 14.8 Å². The van der Waals surface area contributed by atoms with Crippen molar-refractivity contribution in [3.8, 4) is 0 Å². The molecule has 0 amide bonds. The van der Waals surface area contributed by atoms with Gasteiger partial charge >= 0.3 is 0 Å². The molecule has 0 aliphatic rings. The second-order valence-corrected chi connectivity index (χ2v) is 4.66. The Morgan fingerprint density at radius 3 is 3.00 bits per heavy atom.